The highest BCUT2D eigenvalue weighted by Gasteiger charge is 2.17. The molecule has 0 fully saturated rings. The topological polar surface area (TPSA) is 109 Å². The van der Waals surface area contributed by atoms with Gasteiger partial charge in [0.15, 0.2) is 0 Å². The van der Waals surface area contributed by atoms with Crippen molar-refractivity contribution in [1.82, 2.24) is 14.3 Å². The van der Waals surface area contributed by atoms with E-state index in [2.05, 4.69) is 25.1 Å². The molecule has 28 heavy (non-hydrogen) atoms. The van der Waals surface area contributed by atoms with Gasteiger partial charge in [-0.15, -0.1) is 0 Å². The molecule has 2 aromatic heterocycles. The molecule has 7 nitrogen and oxygen atoms in total. The van der Waals surface area contributed by atoms with Crippen molar-refractivity contribution in [1.29, 1.82) is 5.26 Å². The van der Waals surface area contributed by atoms with Crippen LogP contribution in [0.25, 0.3) is 22.0 Å². The highest BCUT2D eigenvalue weighted by atomic mass is 32.2. The van der Waals surface area contributed by atoms with E-state index in [1.807, 2.05) is 13.0 Å². The Kier molecular flexibility index (Phi) is 4.50. The SMILES string of the molecule is Cc1cc(C#N)ccc1-c1nccc2cc(S(=O)(=O)Nc3ncns3)ccc12. The van der Waals surface area contributed by atoms with Crippen molar-refractivity contribution < 1.29 is 8.42 Å². The van der Waals surface area contributed by atoms with E-state index < -0.39 is 10.0 Å². The normalized spacial score (nSPS) is 11.3. The van der Waals surface area contributed by atoms with Crippen LogP contribution in [0.4, 0.5) is 5.13 Å². The Labute approximate surface area is 165 Å². The van der Waals surface area contributed by atoms with E-state index in [0.717, 1.165) is 39.1 Å². The van der Waals surface area contributed by atoms with Crippen molar-refractivity contribution >= 4 is 37.5 Å². The average molecular weight is 407 g/mol. The molecule has 2 aromatic carbocycles. The van der Waals surface area contributed by atoms with Crippen LogP contribution in [-0.2, 0) is 10.0 Å². The van der Waals surface area contributed by atoms with Gasteiger partial charge in [-0.05, 0) is 48.2 Å². The molecule has 0 aliphatic carbocycles. The van der Waals surface area contributed by atoms with Crippen molar-refractivity contribution in [2.24, 2.45) is 0 Å². The number of aryl methyl sites for hydroxylation is 1. The first kappa shape index (κ1) is 18.0. The first-order valence-corrected chi connectivity index (χ1v) is 10.4. The van der Waals surface area contributed by atoms with Crippen LogP contribution in [0.2, 0.25) is 0 Å². The summed E-state index contributed by atoms with van der Waals surface area (Å²) in [5.41, 5.74) is 3.14. The van der Waals surface area contributed by atoms with Gasteiger partial charge in [-0.1, -0.05) is 12.1 Å². The smallest absolute Gasteiger partial charge is 0.256 e. The third-order valence-corrected chi connectivity index (χ3v) is 6.29. The van der Waals surface area contributed by atoms with Crippen LogP contribution < -0.4 is 4.72 Å². The lowest BCUT2D eigenvalue weighted by Crippen LogP contribution is -2.12. The fourth-order valence-electron chi connectivity index (χ4n) is 2.93. The van der Waals surface area contributed by atoms with E-state index in [1.165, 1.54) is 12.4 Å². The van der Waals surface area contributed by atoms with Gasteiger partial charge in [0.1, 0.15) is 6.33 Å². The molecule has 1 N–H and O–H groups in total. The monoisotopic (exact) mass is 407 g/mol. The Hall–Kier alpha value is -3.35. The predicted octanol–water partition coefficient (Wildman–Crippen LogP) is 3.73. The molecule has 0 aliphatic rings. The molecule has 138 valence electrons. The molecule has 0 atom stereocenters. The Morgan fingerprint density at radius 3 is 2.68 bits per heavy atom. The Morgan fingerprint density at radius 2 is 1.96 bits per heavy atom. The molecule has 0 bridgehead atoms. The first-order valence-electron chi connectivity index (χ1n) is 8.17. The maximum absolute atomic E-state index is 12.6. The number of aromatic nitrogens is 3. The van der Waals surface area contributed by atoms with Crippen LogP contribution >= 0.6 is 11.5 Å². The number of benzene rings is 2. The van der Waals surface area contributed by atoms with Gasteiger partial charge in [-0.25, -0.2) is 13.4 Å². The van der Waals surface area contributed by atoms with Gasteiger partial charge in [0.05, 0.1) is 22.2 Å². The van der Waals surface area contributed by atoms with E-state index in [9.17, 15) is 8.42 Å². The second kappa shape index (κ2) is 6.99. The van der Waals surface area contributed by atoms with Gasteiger partial charge < -0.3 is 0 Å². The molecule has 0 unspecified atom stereocenters. The minimum atomic E-state index is -3.77. The maximum Gasteiger partial charge on any atom is 0.263 e. The number of nitrogens with one attached hydrogen (secondary N) is 1. The number of nitrogens with zero attached hydrogens (tertiary/aromatic N) is 4. The molecular formula is C19H13N5O2S2. The number of hydrogen-bond donors (Lipinski definition) is 1. The summed E-state index contributed by atoms with van der Waals surface area (Å²) in [7, 11) is -3.77. The maximum atomic E-state index is 12.6. The van der Waals surface area contributed by atoms with E-state index in [1.54, 1.807) is 36.5 Å². The fourth-order valence-corrected chi connectivity index (χ4v) is 4.62. The summed E-state index contributed by atoms with van der Waals surface area (Å²) in [6.45, 7) is 1.92. The highest BCUT2D eigenvalue weighted by molar-refractivity contribution is 7.93. The quantitative estimate of drug-likeness (QED) is 0.552. The molecule has 9 heteroatoms. The van der Waals surface area contributed by atoms with Crippen molar-refractivity contribution in [3.8, 4) is 17.3 Å². The standard InChI is InChI=1S/C19H13N5O2S2/c1-12-8-13(10-20)2-4-16(12)18-17-5-3-15(9-14(17)6-7-21-18)28(25,26)24-19-22-11-23-27-19/h2-9,11H,1H3,(H,22,23,24). The fraction of sp³-hybridized carbons (Fsp3) is 0.0526. The number of anilines is 1. The molecule has 4 aromatic rings. The number of rotatable bonds is 4. The summed E-state index contributed by atoms with van der Waals surface area (Å²) in [5.74, 6) is 0. The summed E-state index contributed by atoms with van der Waals surface area (Å²) in [6.07, 6.45) is 2.94. The average Bonchev–Trinajstić information content (AvgIpc) is 3.19. The van der Waals surface area contributed by atoms with Crippen LogP contribution in [-0.4, -0.2) is 22.8 Å². The summed E-state index contributed by atoms with van der Waals surface area (Å²) in [5, 5.41) is 10.8. The third kappa shape index (κ3) is 3.31. The van der Waals surface area contributed by atoms with Gasteiger partial charge in [-0.3, -0.25) is 9.71 Å². The van der Waals surface area contributed by atoms with Crippen molar-refractivity contribution in [2.45, 2.75) is 11.8 Å². The second-order valence-corrected chi connectivity index (χ2v) is 8.50. The minimum Gasteiger partial charge on any atom is -0.256 e. The molecule has 0 saturated carbocycles. The summed E-state index contributed by atoms with van der Waals surface area (Å²) in [6, 6.07) is 14.2. The minimum absolute atomic E-state index is 0.129. The third-order valence-electron chi connectivity index (χ3n) is 4.24. The molecule has 0 saturated heterocycles. The number of nitriles is 1. The Bertz CT molecular complexity index is 1330. The van der Waals surface area contributed by atoms with Gasteiger partial charge in [0, 0.05) is 28.7 Å². The highest BCUT2D eigenvalue weighted by Crippen LogP contribution is 2.31. The van der Waals surface area contributed by atoms with Gasteiger partial charge in [0.25, 0.3) is 10.0 Å². The first-order chi connectivity index (χ1) is 13.5. The van der Waals surface area contributed by atoms with Crippen molar-refractivity contribution in [3.05, 3.63) is 66.1 Å². The van der Waals surface area contributed by atoms with E-state index in [-0.39, 0.29) is 10.0 Å². The molecule has 4 rings (SSSR count). The van der Waals surface area contributed by atoms with Crippen LogP contribution in [0, 0.1) is 18.3 Å². The summed E-state index contributed by atoms with van der Waals surface area (Å²) >= 11 is 0.968. The van der Waals surface area contributed by atoms with Crippen LogP contribution in [0.5, 0.6) is 0 Å². The van der Waals surface area contributed by atoms with Gasteiger partial charge >= 0.3 is 0 Å². The number of sulfonamides is 1. The van der Waals surface area contributed by atoms with Crippen LogP contribution in [0.15, 0.2) is 59.9 Å². The lowest BCUT2D eigenvalue weighted by atomic mass is 9.98. The zero-order valence-corrected chi connectivity index (χ0v) is 16.3. The molecule has 2 heterocycles. The second-order valence-electron chi connectivity index (χ2n) is 6.04. The summed E-state index contributed by atoms with van der Waals surface area (Å²) in [4.78, 5) is 8.46. The molecule has 0 radical (unpaired) electrons. The van der Waals surface area contributed by atoms with Crippen LogP contribution in [0.1, 0.15) is 11.1 Å². The molecule has 0 amide bonds. The molecule has 0 spiro atoms. The lowest BCUT2D eigenvalue weighted by molar-refractivity contribution is 0.601. The summed E-state index contributed by atoms with van der Waals surface area (Å²) < 4.78 is 31.4. The van der Waals surface area contributed by atoms with Crippen LogP contribution in [0.3, 0.4) is 0 Å². The van der Waals surface area contributed by atoms with Gasteiger partial charge in [-0.2, -0.15) is 9.64 Å². The van der Waals surface area contributed by atoms with E-state index in [0.29, 0.717) is 5.56 Å². The number of fused-ring (bicyclic) bond motifs is 1. The van der Waals surface area contributed by atoms with Crippen molar-refractivity contribution in [2.75, 3.05) is 4.72 Å². The Morgan fingerprint density at radius 1 is 1.11 bits per heavy atom. The number of hydrogen-bond acceptors (Lipinski definition) is 7. The van der Waals surface area contributed by atoms with E-state index >= 15 is 0 Å². The predicted molar refractivity (Wildman–Crippen MR) is 107 cm³/mol. The van der Waals surface area contributed by atoms with Crippen molar-refractivity contribution in [3.63, 3.8) is 0 Å². The Balaban J connectivity index is 1.80. The zero-order valence-electron chi connectivity index (χ0n) is 14.6. The lowest BCUT2D eigenvalue weighted by Gasteiger charge is -2.11. The number of pyridine rings is 1. The molecular weight excluding hydrogens is 394 g/mol. The zero-order chi connectivity index (χ0) is 19.7. The van der Waals surface area contributed by atoms with Gasteiger partial charge in [0.2, 0.25) is 5.13 Å². The molecule has 0 aliphatic heterocycles. The largest absolute Gasteiger partial charge is 0.263 e. The van der Waals surface area contributed by atoms with E-state index in [4.69, 9.17) is 5.26 Å².